The SMILES string of the molecule is Cc1[nH]c2ccc(Cl)cc2c1C(=O)NCCN. The Balaban J connectivity index is 2.48. The van der Waals surface area contributed by atoms with Crippen molar-refractivity contribution in [2.24, 2.45) is 5.73 Å². The normalized spacial score (nSPS) is 10.8. The maximum Gasteiger partial charge on any atom is 0.253 e. The topological polar surface area (TPSA) is 70.9 Å². The number of carbonyl (C=O) groups is 1. The zero-order chi connectivity index (χ0) is 12.4. The molecule has 0 saturated carbocycles. The van der Waals surface area contributed by atoms with Crippen molar-refractivity contribution in [2.45, 2.75) is 6.92 Å². The quantitative estimate of drug-likeness (QED) is 0.779. The van der Waals surface area contributed by atoms with E-state index in [1.807, 2.05) is 13.0 Å². The van der Waals surface area contributed by atoms with Crippen molar-refractivity contribution < 1.29 is 4.79 Å². The summed E-state index contributed by atoms with van der Waals surface area (Å²) in [4.78, 5) is 15.1. The van der Waals surface area contributed by atoms with Gasteiger partial charge in [0.25, 0.3) is 5.91 Å². The molecule has 1 amide bonds. The summed E-state index contributed by atoms with van der Waals surface area (Å²) in [6.45, 7) is 2.75. The molecule has 4 nitrogen and oxygen atoms in total. The minimum Gasteiger partial charge on any atom is -0.358 e. The number of hydrogen-bond acceptors (Lipinski definition) is 2. The first-order chi connectivity index (χ1) is 8.13. The van der Waals surface area contributed by atoms with Crippen molar-refractivity contribution in [1.29, 1.82) is 0 Å². The molecule has 0 unspecified atom stereocenters. The van der Waals surface area contributed by atoms with Gasteiger partial charge in [-0.3, -0.25) is 4.79 Å². The van der Waals surface area contributed by atoms with Gasteiger partial charge in [0.1, 0.15) is 0 Å². The third-order valence-electron chi connectivity index (χ3n) is 2.61. The summed E-state index contributed by atoms with van der Waals surface area (Å²) in [7, 11) is 0. The zero-order valence-corrected chi connectivity index (χ0v) is 10.3. The van der Waals surface area contributed by atoms with Crippen LogP contribution in [-0.4, -0.2) is 24.0 Å². The average Bonchev–Trinajstić information content (AvgIpc) is 2.61. The number of nitrogens with two attached hydrogens (primary N) is 1. The van der Waals surface area contributed by atoms with E-state index in [0.29, 0.717) is 23.7 Å². The second-order valence-corrected chi connectivity index (χ2v) is 4.30. The lowest BCUT2D eigenvalue weighted by atomic mass is 10.1. The maximum atomic E-state index is 12.0. The molecule has 0 aliphatic heterocycles. The number of hydrogen-bond donors (Lipinski definition) is 3. The fourth-order valence-corrected chi connectivity index (χ4v) is 2.04. The highest BCUT2D eigenvalue weighted by molar-refractivity contribution is 6.31. The Morgan fingerprint density at radius 1 is 1.53 bits per heavy atom. The van der Waals surface area contributed by atoms with Crippen molar-refractivity contribution in [3.8, 4) is 0 Å². The summed E-state index contributed by atoms with van der Waals surface area (Å²) in [5, 5.41) is 4.21. The van der Waals surface area contributed by atoms with Crippen LogP contribution in [0.25, 0.3) is 10.9 Å². The highest BCUT2D eigenvalue weighted by Crippen LogP contribution is 2.25. The van der Waals surface area contributed by atoms with E-state index in [1.54, 1.807) is 12.1 Å². The van der Waals surface area contributed by atoms with Gasteiger partial charge in [-0.25, -0.2) is 0 Å². The number of H-pyrrole nitrogens is 1. The molecular formula is C12H14ClN3O. The molecule has 17 heavy (non-hydrogen) atoms. The highest BCUT2D eigenvalue weighted by atomic mass is 35.5. The van der Waals surface area contributed by atoms with Crippen molar-refractivity contribution in [2.75, 3.05) is 13.1 Å². The maximum absolute atomic E-state index is 12.0. The van der Waals surface area contributed by atoms with Crippen LogP contribution in [0.1, 0.15) is 16.1 Å². The minimum atomic E-state index is -0.124. The molecule has 0 radical (unpaired) electrons. The van der Waals surface area contributed by atoms with E-state index in [-0.39, 0.29) is 5.91 Å². The van der Waals surface area contributed by atoms with E-state index in [2.05, 4.69) is 10.3 Å². The zero-order valence-electron chi connectivity index (χ0n) is 9.51. The van der Waals surface area contributed by atoms with E-state index >= 15 is 0 Å². The molecule has 0 fully saturated rings. The van der Waals surface area contributed by atoms with Crippen molar-refractivity contribution in [1.82, 2.24) is 10.3 Å². The van der Waals surface area contributed by atoms with Gasteiger partial charge >= 0.3 is 0 Å². The Morgan fingerprint density at radius 2 is 2.29 bits per heavy atom. The van der Waals surface area contributed by atoms with Crippen LogP contribution in [0.3, 0.4) is 0 Å². The lowest BCUT2D eigenvalue weighted by Gasteiger charge is -2.03. The lowest BCUT2D eigenvalue weighted by Crippen LogP contribution is -2.29. The Bertz CT molecular complexity index is 562. The van der Waals surface area contributed by atoms with Crippen LogP contribution in [0.2, 0.25) is 5.02 Å². The third-order valence-corrected chi connectivity index (χ3v) is 2.84. The average molecular weight is 252 g/mol. The Kier molecular flexibility index (Phi) is 3.36. The number of aromatic nitrogens is 1. The van der Waals surface area contributed by atoms with Gasteiger partial charge < -0.3 is 16.0 Å². The smallest absolute Gasteiger partial charge is 0.253 e. The largest absolute Gasteiger partial charge is 0.358 e. The van der Waals surface area contributed by atoms with Gasteiger partial charge in [-0.1, -0.05) is 11.6 Å². The van der Waals surface area contributed by atoms with Gasteiger partial charge in [0.2, 0.25) is 0 Å². The first-order valence-corrected chi connectivity index (χ1v) is 5.77. The summed E-state index contributed by atoms with van der Waals surface area (Å²) in [6, 6.07) is 5.45. The van der Waals surface area contributed by atoms with Crippen molar-refractivity contribution >= 4 is 28.4 Å². The number of fused-ring (bicyclic) bond motifs is 1. The summed E-state index contributed by atoms with van der Waals surface area (Å²) in [5.41, 5.74) is 7.73. The first kappa shape index (κ1) is 12.0. The number of aryl methyl sites for hydroxylation is 1. The van der Waals surface area contributed by atoms with Crippen LogP contribution in [0.15, 0.2) is 18.2 Å². The van der Waals surface area contributed by atoms with Crippen molar-refractivity contribution in [3.05, 3.63) is 34.5 Å². The number of aromatic amines is 1. The van der Waals surface area contributed by atoms with Crippen LogP contribution >= 0.6 is 11.6 Å². The number of halogens is 1. The van der Waals surface area contributed by atoms with Gasteiger partial charge in [-0.05, 0) is 25.1 Å². The molecule has 0 saturated heterocycles. The summed E-state index contributed by atoms with van der Waals surface area (Å²) < 4.78 is 0. The molecule has 0 aliphatic carbocycles. The number of rotatable bonds is 3. The van der Waals surface area contributed by atoms with E-state index in [0.717, 1.165) is 16.6 Å². The first-order valence-electron chi connectivity index (χ1n) is 5.39. The standard InChI is InChI=1S/C12H14ClN3O/c1-7-11(12(17)15-5-4-14)9-6-8(13)2-3-10(9)16-7/h2-3,6,16H,4-5,14H2,1H3,(H,15,17). The molecule has 0 bridgehead atoms. The highest BCUT2D eigenvalue weighted by Gasteiger charge is 2.15. The molecule has 1 aromatic carbocycles. The molecule has 2 aromatic rings. The number of carbonyl (C=O) groups excluding carboxylic acids is 1. The predicted octanol–water partition coefficient (Wildman–Crippen LogP) is 1.82. The Labute approximate surface area is 104 Å². The number of amides is 1. The summed E-state index contributed by atoms with van der Waals surface area (Å²) >= 11 is 5.94. The fourth-order valence-electron chi connectivity index (χ4n) is 1.87. The van der Waals surface area contributed by atoms with E-state index in [4.69, 9.17) is 17.3 Å². The van der Waals surface area contributed by atoms with Crippen LogP contribution in [0, 0.1) is 6.92 Å². The molecule has 0 aliphatic rings. The lowest BCUT2D eigenvalue weighted by molar-refractivity contribution is 0.0956. The van der Waals surface area contributed by atoms with Gasteiger partial charge in [-0.2, -0.15) is 0 Å². The monoisotopic (exact) mass is 251 g/mol. The molecule has 90 valence electrons. The second kappa shape index (κ2) is 4.77. The fraction of sp³-hybridized carbons (Fsp3) is 0.250. The Morgan fingerprint density at radius 3 is 3.00 bits per heavy atom. The van der Waals surface area contributed by atoms with Crippen LogP contribution in [0.5, 0.6) is 0 Å². The molecular weight excluding hydrogens is 238 g/mol. The molecule has 4 N–H and O–H groups in total. The molecule has 2 rings (SSSR count). The predicted molar refractivity (Wildman–Crippen MR) is 69.4 cm³/mol. The number of nitrogens with one attached hydrogen (secondary N) is 2. The van der Waals surface area contributed by atoms with Crippen LogP contribution in [-0.2, 0) is 0 Å². The van der Waals surface area contributed by atoms with Gasteiger partial charge in [0.15, 0.2) is 0 Å². The number of benzene rings is 1. The van der Waals surface area contributed by atoms with E-state index in [9.17, 15) is 4.79 Å². The minimum absolute atomic E-state index is 0.124. The molecule has 0 spiro atoms. The van der Waals surface area contributed by atoms with Gasteiger partial charge in [0.05, 0.1) is 5.56 Å². The molecule has 0 atom stereocenters. The van der Waals surface area contributed by atoms with Gasteiger partial charge in [-0.15, -0.1) is 0 Å². The van der Waals surface area contributed by atoms with Crippen LogP contribution < -0.4 is 11.1 Å². The summed E-state index contributed by atoms with van der Waals surface area (Å²) in [5.74, 6) is -0.124. The van der Waals surface area contributed by atoms with Crippen molar-refractivity contribution in [3.63, 3.8) is 0 Å². The second-order valence-electron chi connectivity index (χ2n) is 3.86. The molecule has 1 aromatic heterocycles. The summed E-state index contributed by atoms with van der Waals surface area (Å²) in [6.07, 6.45) is 0. The van der Waals surface area contributed by atoms with Crippen LogP contribution in [0.4, 0.5) is 0 Å². The van der Waals surface area contributed by atoms with Gasteiger partial charge in [0, 0.05) is 34.7 Å². The van der Waals surface area contributed by atoms with E-state index in [1.165, 1.54) is 0 Å². The Hall–Kier alpha value is -1.52. The third kappa shape index (κ3) is 2.28. The van der Waals surface area contributed by atoms with E-state index < -0.39 is 0 Å². The molecule has 1 heterocycles. The molecule has 5 heteroatoms.